The van der Waals surface area contributed by atoms with Gasteiger partial charge in [-0.1, -0.05) is 26.0 Å². The number of oxazole rings is 1. The predicted molar refractivity (Wildman–Crippen MR) is 140 cm³/mol. The number of hydrogen-bond donors (Lipinski definition) is 1. The molecule has 0 saturated heterocycles. The summed E-state index contributed by atoms with van der Waals surface area (Å²) in [5, 5.41) is 10.6. The summed E-state index contributed by atoms with van der Waals surface area (Å²) in [5.74, 6) is 1.45. The molecular formula is C26H24Br2N2O3. The van der Waals surface area contributed by atoms with E-state index < -0.39 is 0 Å². The van der Waals surface area contributed by atoms with Gasteiger partial charge in [-0.05, 0) is 93.1 Å². The second-order valence-corrected chi connectivity index (χ2v) is 9.38. The SMILES string of the molecule is CCOc1cc(Br)c(Br)c(C=Nc2cccc(-c3nc4cc([C@@H](C)CC)ccc4o3)c2)c1O. The number of rotatable bonds is 7. The van der Waals surface area contributed by atoms with Gasteiger partial charge in [0.25, 0.3) is 0 Å². The van der Waals surface area contributed by atoms with Gasteiger partial charge >= 0.3 is 0 Å². The number of aliphatic imine (C=N–C) groups is 1. The van der Waals surface area contributed by atoms with Crippen molar-refractivity contribution in [2.75, 3.05) is 6.61 Å². The molecule has 1 aromatic heterocycles. The lowest BCUT2D eigenvalue weighted by Gasteiger charge is -2.11. The third kappa shape index (κ3) is 4.99. The summed E-state index contributed by atoms with van der Waals surface area (Å²) in [7, 11) is 0. The molecule has 1 heterocycles. The zero-order valence-corrected chi connectivity index (χ0v) is 21.8. The molecule has 0 bridgehead atoms. The third-order valence-electron chi connectivity index (χ3n) is 5.52. The number of hydrogen-bond acceptors (Lipinski definition) is 5. The van der Waals surface area contributed by atoms with Crippen molar-refractivity contribution in [3.8, 4) is 23.0 Å². The first kappa shape index (κ1) is 23.5. The van der Waals surface area contributed by atoms with Crippen LogP contribution in [0.15, 0.2) is 66.9 Å². The van der Waals surface area contributed by atoms with Crippen molar-refractivity contribution in [1.29, 1.82) is 0 Å². The molecule has 0 aliphatic rings. The number of phenols is 1. The number of nitrogens with zero attached hydrogens (tertiary/aromatic N) is 2. The van der Waals surface area contributed by atoms with Crippen molar-refractivity contribution in [2.45, 2.75) is 33.1 Å². The Balaban J connectivity index is 1.66. The number of benzene rings is 3. The van der Waals surface area contributed by atoms with E-state index in [1.54, 1.807) is 12.3 Å². The Hall–Kier alpha value is -2.64. The van der Waals surface area contributed by atoms with E-state index in [1.165, 1.54) is 5.56 Å². The van der Waals surface area contributed by atoms with Crippen molar-refractivity contribution >= 4 is 54.9 Å². The van der Waals surface area contributed by atoms with Crippen molar-refractivity contribution in [2.24, 2.45) is 4.99 Å². The zero-order valence-electron chi connectivity index (χ0n) is 18.6. The molecule has 1 N–H and O–H groups in total. The van der Waals surface area contributed by atoms with Gasteiger partial charge in [0.15, 0.2) is 17.1 Å². The smallest absolute Gasteiger partial charge is 0.227 e. The van der Waals surface area contributed by atoms with Gasteiger partial charge in [-0.25, -0.2) is 4.98 Å². The number of ether oxygens (including phenoxy) is 1. The van der Waals surface area contributed by atoms with Crippen molar-refractivity contribution in [1.82, 2.24) is 4.98 Å². The van der Waals surface area contributed by atoms with Crippen LogP contribution in [0, 0.1) is 0 Å². The summed E-state index contributed by atoms with van der Waals surface area (Å²) in [6.07, 6.45) is 2.68. The Bertz CT molecular complexity index is 1330. The van der Waals surface area contributed by atoms with E-state index in [4.69, 9.17) is 14.1 Å². The molecule has 3 aromatic carbocycles. The summed E-state index contributed by atoms with van der Waals surface area (Å²) in [6, 6.07) is 15.5. The maximum absolute atomic E-state index is 10.6. The maximum atomic E-state index is 10.6. The minimum atomic E-state index is 0.0305. The number of aromatic hydroxyl groups is 1. The topological polar surface area (TPSA) is 67.9 Å². The fourth-order valence-corrected chi connectivity index (χ4v) is 4.29. The molecule has 5 nitrogen and oxygen atoms in total. The molecule has 33 heavy (non-hydrogen) atoms. The van der Waals surface area contributed by atoms with Gasteiger partial charge in [-0.3, -0.25) is 4.99 Å². The first-order chi connectivity index (χ1) is 15.9. The van der Waals surface area contributed by atoms with E-state index in [0.29, 0.717) is 39.9 Å². The van der Waals surface area contributed by atoms with Gasteiger partial charge in [0.2, 0.25) is 5.89 Å². The van der Waals surface area contributed by atoms with Gasteiger partial charge in [-0.15, -0.1) is 0 Å². The first-order valence-corrected chi connectivity index (χ1v) is 12.4. The number of phenolic OH excluding ortho intramolecular Hbond substituents is 1. The Labute approximate surface area is 209 Å². The van der Waals surface area contributed by atoms with E-state index in [0.717, 1.165) is 27.6 Å². The van der Waals surface area contributed by atoms with Crippen LogP contribution in [0.5, 0.6) is 11.5 Å². The fourth-order valence-electron chi connectivity index (χ4n) is 3.46. The second kappa shape index (κ2) is 10.1. The highest BCUT2D eigenvalue weighted by Crippen LogP contribution is 2.40. The number of halogens is 2. The molecule has 0 spiro atoms. The summed E-state index contributed by atoms with van der Waals surface area (Å²) in [5.41, 5.74) is 4.94. The van der Waals surface area contributed by atoms with Crippen LogP contribution in [0.4, 0.5) is 5.69 Å². The summed E-state index contributed by atoms with van der Waals surface area (Å²) in [6.45, 7) is 6.71. The normalized spacial score (nSPS) is 12.5. The fraction of sp³-hybridized carbons (Fsp3) is 0.231. The summed E-state index contributed by atoms with van der Waals surface area (Å²) >= 11 is 6.99. The maximum Gasteiger partial charge on any atom is 0.227 e. The molecule has 4 aromatic rings. The van der Waals surface area contributed by atoms with E-state index in [2.05, 4.69) is 62.8 Å². The van der Waals surface area contributed by atoms with Gasteiger partial charge < -0.3 is 14.3 Å². The molecule has 0 amide bonds. The molecule has 170 valence electrons. The van der Waals surface area contributed by atoms with Crippen LogP contribution >= 0.6 is 31.9 Å². The highest BCUT2D eigenvalue weighted by Gasteiger charge is 2.15. The van der Waals surface area contributed by atoms with Crippen molar-refractivity contribution in [3.63, 3.8) is 0 Å². The molecule has 0 aliphatic carbocycles. The van der Waals surface area contributed by atoms with Crippen LogP contribution in [0.25, 0.3) is 22.6 Å². The predicted octanol–water partition coefficient (Wildman–Crippen LogP) is 8.39. The standard InChI is InChI=1S/C26H24Br2N2O3/c1-4-15(3)16-9-10-22-21(12-16)30-26(33-22)17-7-6-8-18(11-17)29-14-19-24(28)20(27)13-23(25(19)31)32-5-2/h6-15,31H,4-5H2,1-3H3/t15-/m0/s1. The lowest BCUT2D eigenvalue weighted by Crippen LogP contribution is -1.95. The van der Waals surface area contributed by atoms with Crippen LogP contribution in [0.2, 0.25) is 0 Å². The Morgan fingerprint density at radius 3 is 2.73 bits per heavy atom. The van der Waals surface area contributed by atoms with E-state index >= 15 is 0 Å². The largest absolute Gasteiger partial charge is 0.504 e. The number of fused-ring (bicyclic) bond motifs is 1. The van der Waals surface area contributed by atoms with E-state index in [-0.39, 0.29) is 5.75 Å². The van der Waals surface area contributed by atoms with Crippen LogP contribution in [-0.2, 0) is 0 Å². The summed E-state index contributed by atoms with van der Waals surface area (Å²) < 4.78 is 13.0. The van der Waals surface area contributed by atoms with Crippen LogP contribution in [0.1, 0.15) is 44.2 Å². The molecule has 0 saturated carbocycles. The first-order valence-electron chi connectivity index (χ1n) is 10.8. The monoisotopic (exact) mass is 570 g/mol. The van der Waals surface area contributed by atoms with Crippen molar-refractivity contribution < 1.29 is 14.3 Å². The van der Waals surface area contributed by atoms with Gasteiger partial charge in [0.05, 0.1) is 17.9 Å². The molecule has 0 fully saturated rings. The van der Waals surface area contributed by atoms with Gasteiger partial charge in [-0.2, -0.15) is 0 Å². The average Bonchev–Trinajstić information content (AvgIpc) is 3.26. The zero-order chi connectivity index (χ0) is 23.5. The molecule has 0 radical (unpaired) electrons. The highest BCUT2D eigenvalue weighted by atomic mass is 79.9. The molecule has 1 atom stereocenters. The van der Waals surface area contributed by atoms with Gasteiger partial charge in [0.1, 0.15) is 5.52 Å². The van der Waals surface area contributed by atoms with E-state index in [9.17, 15) is 5.11 Å². The lowest BCUT2D eigenvalue weighted by molar-refractivity contribution is 0.317. The van der Waals surface area contributed by atoms with Gasteiger partial charge in [0, 0.05) is 20.7 Å². The lowest BCUT2D eigenvalue weighted by atomic mass is 9.98. The molecular weight excluding hydrogens is 548 g/mol. The average molecular weight is 572 g/mol. The van der Waals surface area contributed by atoms with Crippen LogP contribution in [0.3, 0.4) is 0 Å². The van der Waals surface area contributed by atoms with Crippen LogP contribution in [-0.4, -0.2) is 22.9 Å². The van der Waals surface area contributed by atoms with E-state index in [1.807, 2.05) is 37.3 Å². The summed E-state index contributed by atoms with van der Waals surface area (Å²) in [4.78, 5) is 9.27. The van der Waals surface area contributed by atoms with Crippen molar-refractivity contribution in [3.05, 3.63) is 68.6 Å². The molecule has 0 unspecified atom stereocenters. The van der Waals surface area contributed by atoms with Crippen LogP contribution < -0.4 is 4.74 Å². The minimum Gasteiger partial charge on any atom is -0.504 e. The molecule has 4 rings (SSSR count). The quantitative estimate of drug-likeness (QED) is 0.226. The Morgan fingerprint density at radius 2 is 1.97 bits per heavy atom. The molecule has 7 heteroatoms. The Morgan fingerprint density at radius 1 is 1.15 bits per heavy atom. The minimum absolute atomic E-state index is 0.0305. The highest BCUT2D eigenvalue weighted by molar-refractivity contribution is 9.13. The Kier molecular flexibility index (Phi) is 7.20. The second-order valence-electron chi connectivity index (χ2n) is 7.73. The third-order valence-corrected chi connectivity index (χ3v) is 7.53. The number of aromatic nitrogens is 1. The molecule has 0 aliphatic heterocycles.